The van der Waals surface area contributed by atoms with E-state index in [0.29, 0.717) is 5.69 Å². The van der Waals surface area contributed by atoms with Crippen LogP contribution in [0.4, 0.5) is 11.5 Å². The predicted molar refractivity (Wildman–Crippen MR) is 80.4 cm³/mol. The molecule has 0 aliphatic carbocycles. The number of rotatable bonds is 3. The molecule has 0 radical (unpaired) electrons. The molecule has 0 atom stereocenters. The first-order valence-electron chi connectivity index (χ1n) is 6.90. The Morgan fingerprint density at radius 2 is 1.85 bits per heavy atom. The number of hydrogen-bond donors (Lipinski definition) is 1. The van der Waals surface area contributed by atoms with Crippen LogP contribution in [0.15, 0.2) is 42.7 Å². The van der Waals surface area contributed by atoms with Crippen LogP contribution in [0.25, 0.3) is 0 Å². The molecule has 1 aliphatic heterocycles. The third-order valence-corrected chi connectivity index (χ3v) is 3.58. The first-order chi connectivity index (χ1) is 9.81. The summed E-state index contributed by atoms with van der Waals surface area (Å²) in [5.41, 5.74) is 7.51. The van der Waals surface area contributed by atoms with Crippen molar-refractivity contribution in [2.75, 3.05) is 36.8 Å². The second-order valence-corrected chi connectivity index (χ2v) is 5.03. The van der Waals surface area contributed by atoms with E-state index in [1.165, 1.54) is 0 Å². The number of anilines is 2. The highest BCUT2D eigenvalue weighted by Crippen LogP contribution is 2.15. The zero-order valence-corrected chi connectivity index (χ0v) is 11.4. The van der Waals surface area contributed by atoms with Gasteiger partial charge in [0.05, 0.1) is 17.6 Å². The van der Waals surface area contributed by atoms with Gasteiger partial charge in [0.15, 0.2) is 0 Å². The van der Waals surface area contributed by atoms with E-state index in [1.807, 2.05) is 30.5 Å². The molecule has 0 amide bonds. The summed E-state index contributed by atoms with van der Waals surface area (Å²) in [4.78, 5) is 13.5. The molecule has 5 heteroatoms. The van der Waals surface area contributed by atoms with Gasteiger partial charge in [-0.05, 0) is 24.3 Å². The molecule has 1 saturated heterocycles. The van der Waals surface area contributed by atoms with Gasteiger partial charge in [-0.3, -0.25) is 9.88 Å². The molecule has 0 spiro atoms. The lowest BCUT2D eigenvalue weighted by molar-refractivity contribution is 0.246. The Morgan fingerprint density at radius 3 is 2.50 bits per heavy atom. The second kappa shape index (κ2) is 5.88. The molecule has 3 heterocycles. The maximum absolute atomic E-state index is 5.67. The maximum Gasteiger partial charge on any atom is 0.128 e. The van der Waals surface area contributed by atoms with Crippen LogP contribution in [0.1, 0.15) is 5.69 Å². The largest absolute Gasteiger partial charge is 0.397 e. The highest BCUT2D eigenvalue weighted by Gasteiger charge is 2.18. The van der Waals surface area contributed by atoms with Crippen LogP contribution >= 0.6 is 0 Å². The molecule has 2 N–H and O–H groups in total. The summed E-state index contributed by atoms with van der Waals surface area (Å²) >= 11 is 0. The number of piperazine rings is 1. The maximum atomic E-state index is 5.67. The summed E-state index contributed by atoms with van der Waals surface area (Å²) < 4.78 is 0. The zero-order chi connectivity index (χ0) is 13.8. The molecule has 2 aromatic rings. The molecule has 5 nitrogen and oxygen atoms in total. The first-order valence-corrected chi connectivity index (χ1v) is 6.90. The van der Waals surface area contributed by atoms with Crippen molar-refractivity contribution >= 4 is 11.5 Å². The van der Waals surface area contributed by atoms with E-state index in [4.69, 9.17) is 5.73 Å². The van der Waals surface area contributed by atoms with Crippen molar-refractivity contribution in [3.8, 4) is 0 Å². The van der Waals surface area contributed by atoms with Crippen LogP contribution in [0.5, 0.6) is 0 Å². The lowest BCUT2D eigenvalue weighted by Crippen LogP contribution is -2.46. The van der Waals surface area contributed by atoms with Gasteiger partial charge in [-0.2, -0.15) is 0 Å². The number of nitrogens with zero attached hydrogens (tertiary/aromatic N) is 4. The quantitative estimate of drug-likeness (QED) is 0.912. The Bertz CT molecular complexity index is 532. The molecule has 3 rings (SSSR count). The first kappa shape index (κ1) is 12.9. The van der Waals surface area contributed by atoms with E-state index in [2.05, 4.69) is 25.8 Å². The standard InChI is InChI=1S/C15H19N5/c16-13-4-5-15(18-11-13)20-9-7-19(8-10-20)12-14-3-1-2-6-17-14/h1-6,11H,7-10,12,16H2. The molecule has 0 aromatic carbocycles. The minimum absolute atomic E-state index is 0.711. The molecule has 20 heavy (non-hydrogen) atoms. The van der Waals surface area contributed by atoms with Gasteiger partial charge in [0.25, 0.3) is 0 Å². The number of nitrogen functional groups attached to an aromatic ring is 1. The Kier molecular flexibility index (Phi) is 3.78. The van der Waals surface area contributed by atoms with Crippen molar-refractivity contribution in [3.05, 3.63) is 48.4 Å². The van der Waals surface area contributed by atoms with Crippen LogP contribution in [-0.2, 0) is 6.54 Å². The van der Waals surface area contributed by atoms with E-state index in [0.717, 1.165) is 44.2 Å². The van der Waals surface area contributed by atoms with E-state index in [9.17, 15) is 0 Å². The molecule has 1 fully saturated rings. The van der Waals surface area contributed by atoms with Crippen molar-refractivity contribution in [2.24, 2.45) is 0 Å². The topological polar surface area (TPSA) is 58.3 Å². The summed E-state index contributed by atoms with van der Waals surface area (Å²) in [6, 6.07) is 9.96. The van der Waals surface area contributed by atoms with Gasteiger partial charge in [-0.1, -0.05) is 6.07 Å². The summed E-state index contributed by atoms with van der Waals surface area (Å²) in [7, 11) is 0. The zero-order valence-electron chi connectivity index (χ0n) is 11.4. The Morgan fingerprint density at radius 1 is 1.00 bits per heavy atom. The number of aromatic nitrogens is 2. The van der Waals surface area contributed by atoms with Crippen LogP contribution in [0.2, 0.25) is 0 Å². The number of nitrogens with two attached hydrogens (primary N) is 1. The molecule has 2 aromatic heterocycles. The smallest absolute Gasteiger partial charge is 0.128 e. The third-order valence-electron chi connectivity index (χ3n) is 3.58. The molecular weight excluding hydrogens is 250 g/mol. The molecule has 104 valence electrons. The summed E-state index contributed by atoms with van der Waals surface area (Å²) in [5, 5.41) is 0. The third kappa shape index (κ3) is 3.05. The van der Waals surface area contributed by atoms with Gasteiger partial charge in [-0.15, -0.1) is 0 Å². The van der Waals surface area contributed by atoms with Crippen molar-refractivity contribution in [1.29, 1.82) is 0 Å². The van der Waals surface area contributed by atoms with Crippen LogP contribution < -0.4 is 10.6 Å². The predicted octanol–water partition coefficient (Wildman–Crippen LogP) is 1.38. The van der Waals surface area contributed by atoms with Crippen molar-refractivity contribution < 1.29 is 0 Å². The highest BCUT2D eigenvalue weighted by molar-refractivity contribution is 5.46. The average molecular weight is 269 g/mol. The Labute approximate surface area is 119 Å². The van der Waals surface area contributed by atoms with Crippen molar-refractivity contribution in [1.82, 2.24) is 14.9 Å². The minimum atomic E-state index is 0.711. The summed E-state index contributed by atoms with van der Waals surface area (Å²) in [6.45, 7) is 4.96. The van der Waals surface area contributed by atoms with Crippen LogP contribution in [0, 0.1) is 0 Å². The fraction of sp³-hybridized carbons (Fsp3) is 0.333. The monoisotopic (exact) mass is 269 g/mol. The van der Waals surface area contributed by atoms with Gasteiger partial charge in [0, 0.05) is 38.9 Å². The van der Waals surface area contributed by atoms with Crippen LogP contribution in [0.3, 0.4) is 0 Å². The van der Waals surface area contributed by atoms with E-state index in [-0.39, 0.29) is 0 Å². The molecule has 0 unspecified atom stereocenters. The lowest BCUT2D eigenvalue weighted by Gasteiger charge is -2.35. The van der Waals surface area contributed by atoms with Gasteiger partial charge in [-0.25, -0.2) is 4.98 Å². The van der Waals surface area contributed by atoms with Crippen molar-refractivity contribution in [2.45, 2.75) is 6.54 Å². The number of hydrogen-bond acceptors (Lipinski definition) is 5. The van der Waals surface area contributed by atoms with Crippen LogP contribution in [-0.4, -0.2) is 41.0 Å². The molecular formula is C15H19N5. The fourth-order valence-electron chi connectivity index (χ4n) is 2.44. The van der Waals surface area contributed by atoms with Gasteiger partial charge in [0.2, 0.25) is 0 Å². The second-order valence-electron chi connectivity index (χ2n) is 5.03. The molecule has 1 aliphatic rings. The summed E-state index contributed by atoms with van der Waals surface area (Å²) in [5.74, 6) is 1.01. The van der Waals surface area contributed by atoms with Gasteiger partial charge in [0.1, 0.15) is 5.82 Å². The summed E-state index contributed by atoms with van der Waals surface area (Å²) in [6.07, 6.45) is 3.57. The highest BCUT2D eigenvalue weighted by atomic mass is 15.3. The fourth-order valence-corrected chi connectivity index (χ4v) is 2.44. The van der Waals surface area contributed by atoms with E-state index in [1.54, 1.807) is 6.20 Å². The lowest BCUT2D eigenvalue weighted by atomic mass is 10.2. The Balaban J connectivity index is 1.55. The van der Waals surface area contributed by atoms with E-state index >= 15 is 0 Å². The number of pyridine rings is 2. The normalized spacial score (nSPS) is 16.3. The average Bonchev–Trinajstić information content (AvgIpc) is 2.50. The minimum Gasteiger partial charge on any atom is -0.397 e. The SMILES string of the molecule is Nc1ccc(N2CCN(Cc3ccccn3)CC2)nc1. The van der Waals surface area contributed by atoms with Crippen molar-refractivity contribution in [3.63, 3.8) is 0 Å². The Hall–Kier alpha value is -2.14. The van der Waals surface area contributed by atoms with E-state index < -0.39 is 0 Å². The molecule has 0 saturated carbocycles. The molecule has 0 bridgehead atoms. The van der Waals surface area contributed by atoms with Gasteiger partial charge >= 0.3 is 0 Å². The van der Waals surface area contributed by atoms with Gasteiger partial charge < -0.3 is 10.6 Å².